The molecule has 5 heteroatoms. The van der Waals surface area contributed by atoms with E-state index in [4.69, 9.17) is 17.3 Å². The molecule has 4 nitrogen and oxygen atoms in total. The molecule has 14 heavy (non-hydrogen) atoms. The van der Waals surface area contributed by atoms with E-state index in [1.165, 1.54) is 0 Å². The van der Waals surface area contributed by atoms with Gasteiger partial charge < -0.3 is 11.1 Å². The van der Waals surface area contributed by atoms with E-state index >= 15 is 0 Å². The lowest BCUT2D eigenvalue weighted by atomic mass is 10.2. The van der Waals surface area contributed by atoms with Crippen LogP contribution in [0.4, 0.5) is 5.95 Å². The Morgan fingerprint density at radius 2 is 1.93 bits per heavy atom. The van der Waals surface area contributed by atoms with Crippen LogP contribution in [0.3, 0.4) is 0 Å². The van der Waals surface area contributed by atoms with Gasteiger partial charge in [0.25, 0.3) is 0 Å². The minimum absolute atomic E-state index is 0.554. The number of aromatic nitrogens is 2. The Morgan fingerprint density at radius 3 is 2.57 bits per heavy atom. The normalized spacial score (nSPS) is 10.1. The second-order valence-corrected chi connectivity index (χ2v) is 3.44. The van der Waals surface area contributed by atoms with Crippen molar-refractivity contribution in [3.63, 3.8) is 0 Å². The average Bonchev–Trinajstić information content (AvgIpc) is 2.21. The van der Waals surface area contributed by atoms with Gasteiger partial charge >= 0.3 is 0 Å². The van der Waals surface area contributed by atoms with Crippen molar-refractivity contribution < 1.29 is 0 Å². The second-order valence-electron chi connectivity index (χ2n) is 3.00. The zero-order valence-electron chi connectivity index (χ0n) is 8.04. The number of anilines is 1. The zero-order chi connectivity index (χ0) is 10.2. The van der Waals surface area contributed by atoms with Crippen LogP contribution in [0.1, 0.15) is 19.3 Å². The fourth-order valence-corrected chi connectivity index (χ4v) is 1.15. The molecular formula is C9H15ClN4. The van der Waals surface area contributed by atoms with Gasteiger partial charge in [-0.1, -0.05) is 18.0 Å². The number of unbranched alkanes of at least 4 members (excludes halogenated alkanes) is 2. The molecule has 78 valence electrons. The highest BCUT2D eigenvalue weighted by atomic mass is 35.5. The SMILES string of the molecule is NCCCCCNc1ncc(Cl)cn1. The summed E-state index contributed by atoms with van der Waals surface area (Å²) in [6, 6.07) is 0. The van der Waals surface area contributed by atoms with E-state index in [0.717, 1.165) is 32.4 Å². The molecule has 0 spiro atoms. The average molecular weight is 215 g/mol. The zero-order valence-corrected chi connectivity index (χ0v) is 8.80. The van der Waals surface area contributed by atoms with Crippen LogP contribution in [0.2, 0.25) is 5.02 Å². The summed E-state index contributed by atoms with van der Waals surface area (Å²) in [4.78, 5) is 8.03. The predicted octanol–water partition coefficient (Wildman–Crippen LogP) is 1.67. The van der Waals surface area contributed by atoms with Crippen LogP contribution in [0.15, 0.2) is 12.4 Å². The van der Waals surface area contributed by atoms with E-state index in [0.29, 0.717) is 11.0 Å². The third kappa shape index (κ3) is 4.39. The molecule has 0 aliphatic heterocycles. The van der Waals surface area contributed by atoms with E-state index in [1.807, 2.05) is 0 Å². The monoisotopic (exact) mass is 214 g/mol. The third-order valence-corrected chi connectivity index (χ3v) is 1.98. The van der Waals surface area contributed by atoms with Crippen LogP contribution < -0.4 is 11.1 Å². The Labute approximate surface area is 88.9 Å². The maximum absolute atomic E-state index is 5.65. The number of nitrogens with one attached hydrogen (secondary N) is 1. The Balaban J connectivity index is 2.15. The molecule has 0 saturated carbocycles. The molecule has 1 rings (SSSR count). The molecule has 0 unspecified atom stereocenters. The Hall–Kier alpha value is -0.870. The third-order valence-electron chi connectivity index (χ3n) is 1.78. The summed E-state index contributed by atoms with van der Waals surface area (Å²) in [5, 5.41) is 3.66. The number of halogens is 1. The summed E-state index contributed by atoms with van der Waals surface area (Å²) in [6.45, 7) is 1.64. The fourth-order valence-electron chi connectivity index (χ4n) is 1.05. The van der Waals surface area contributed by atoms with Crippen molar-refractivity contribution in [2.24, 2.45) is 5.73 Å². The molecule has 3 N–H and O–H groups in total. The maximum atomic E-state index is 5.65. The summed E-state index contributed by atoms with van der Waals surface area (Å²) in [6.07, 6.45) is 6.46. The van der Waals surface area contributed by atoms with Gasteiger partial charge in [0.05, 0.1) is 17.4 Å². The first-order valence-corrected chi connectivity index (χ1v) is 5.12. The molecule has 0 saturated heterocycles. The highest BCUT2D eigenvalue weighted by Gasteiger charge is 1.94. The van der Waals surface area contributed by atoms with E-state index in [2.05, 4.69) is 15.3 Å². The van der Waals surface area contributed by atoms with Crippen molar-refractivity contribution in [1.29, 1.82) is 0 Å². The van der Waals surface area contributed by atoms with Gasteiger partial charge in [-0.2, -0.15) is 0 Å². The van der Waals surface area contributed by atoms with Crippen molar-refractivity contribution in [2.45, 2.75) is 19.3 Å². The smallest absolute Gasteiger partial charge is 0.222 e. The van der Waals surface area contributed by atoms with Gasteiger partial charge in [-0.25, -0.2) is 9.97 Å². The molecule has 1 heterocycles. The van der Waals surface area contributed by atoms with Crippen LogP contribution in [0.25, 0.3) is 0 Å². The van der Waals surface area contributed by atoms with E-state index in [9.17, 15) is 0 Å². The van der Waals surface area contributed by atoms with Gasteiger partial charge in [-0.15, -0.1) is 0 Å². The number of hydrogen-bond acceptors (Lipinski definition) is 4. The predicted molar refractivity (Wildman–Crippen MR) is 58.4 cm³/mol. The molecule has 0 fully saturated rings. The van der Waals surface area contributed by atoms with Gasteiger partial charge in [0.15, 0.2) is 0 Å². The first kappa shape index (κ1) is 11.2. The molecule has 0 amide bonds. The minimum Gasteiger partial charge on any atom is -0.354 e. The Bertz CT molecular complexity index is 249. The van der Waals surface area contributed by atoms with Gasteiger partial charge in [-0.3, -0.25) is 0 Å². The minimum atomic E-state index is 0.554. The van der Waals surface area contributed by atoms with E-state index in [-0.39, 0.29) is 0 Å². The number of nitrogens with two attached hydrogens (primary N) is 1. The number of hydrogen-bond donors (Lipinski definition) is 2. The van der Waals surface area contributed by atoms with Crippen LogP contribution in [0, 0.1) is 0 Å². The lowest BCUT2D eigenvalue weighted by molar-refractivity contribution is 0.705. The fraction of sp³-hybridized carbons (Fsp3) is 0.556. The van der Waals surface area contributed by atoms with Crippen molar-refractivity contribution in [1.82, 2.24) is 9.97 Å². The Morgan fingerprint density at radius 1 is 1.21 bits per heavy atom. The molecule has 0 aromatic carbocycles. The molecule has 0 atom stereocenters. The maximum Gasteiger partial charge on any atom is 0.222 e. The van der Waals surface area contributed by atoms with Gasteiger partial charge in [-0.05, 0) is 19.4 Å². The van der Waals surface area contributed by atoms with Gasteiger partial charge in [0, 0.05) is 6.54 Å². The molecule has 1 aromatic heterocycles. The van der Waals surface area contributed by atoms with E-state index in [1.54, 1.807) is 12.4 Å². The van der Waals surface area contributed by atoms with Crippen molar-refractivity contribution in [3.8, 4) is 0 Å². The standard InChI is InChI=1S/C9H15ClN4/c10-8-6-13-9(14-7-8)12-5-3-1-2-4-11/h6-7H,1-5,11H2,(H,12,13,14). The van der Waals surface area contributed by atoms with Gasteiger partial charge in [0.2, 0.25) is 5.95 Å². The summed E-state index contributed by atoms with van der Waals surface area (Å²) >= 11 is 5.65. The molecule has 0 bridgehead atoms. The van der Waals surface area contributed by atoms with Crippen LogP contribution in [0.5, 0.6) is 0 Å². The molecule has 0 aliphatic carbocycles. The molecular weight excluding hydrogens is 200 g/mol. The highest BCUT2D eigenvalue weighted by molar-refractivity contribution is 6.30. The van der Waals surface area contributed by atoms with Crippen LogP contribution in [-0.2, 0) is 0 Å². The molecule has 0 aliphatic rings. The highest BCUT2D eigenvalue weighted by Crippen LogP contribution is 2.05. The van der Waals surface area contributed by atoms with Crippen LogP contribution in [-0.4, -0.2) is 23.1 Å². The van der Waals surface area contributed by atoms with E-state index < -0.39 is 0 Å². The first-order valence-electron chi connectivity index (χ1n) is 4.74. The summed E-state index contributed by atoms with van der Waals surface area (Å²) in [5.41, 5.74) is 5.38. The Kier molecular flexibility index (Phi) is 5.25. The first-order chi connectivity index (χ1) is 6.83. The quantitative estimate of drug-likeness (QED) is 0.708. The molecule has 0 radical (unpaired) electrons. The van der Waals surface area contributed by atoms with Crippen molar-refractivity contribution >= 4 is 17.5 Å². The lowest BCUT2D eigenvalue weighted by Gasteiger charge is -2.03. The summed E-state index contributed by atoms with van der Waals surface area (Å²) < 4.78 is 0. The summed E-state index contributed by atoms with van der Waals surface area (Å²) in [5.74, 6) is 0.627. The van der Waals surface area contributed by atoms with Crippen molar-refractivity contribution in [3.05, 3.63) is 17.4 Å². The number of nitrogens with zero attached hydrogens (tertiary/aromatic N) is 2. The van der Waals surface area contributed by atoms with Crippen molar-refractivity contribution in [2.75, 3.05) is 18.4 Å². The second kappa shape index (κ2) is 6.56. The molecule has 1 aromatic rings. The van der Waals surface area contributed by atoms with Crippen LogP contribution >= 0.6 is 11.6 Å². The van der Waals surface area contributed by atoms with Gasteiger partial charge in [0.1, 0.15) is 0 Å². The lowest BCUT2D eigenvalue weighted by Crippen LogP contribution is -2.06. The topological polar surface area (TPSA) is 63.8 Å². The number of rotatable bonds is 6. The summed E-state index contributed by atoms with van der Waals surface area (Å²) in [7, 11) is 0. The largest absolute Gasteiger partial charge is 0.354 e.